The molecule has 0 saturated heterocycles. The second kappa shape index (κ2) is 8.01. The van der Waals surface area contributed by atoms with Crippen LogP contribution in [0.15, 0.2) is 12.4 Å². The zero-order valence-electron chi connectivity index (χ0n) is 11.0. The number of aromatic nitrogens is 2. The van der Waals surface area contributed by atoms with Crippen molar-refractivity contribution in [2.24, 2.45) is 5.73 Å². The summed E-state index contributed by atoms with van der Waals surface area (Å²) < 4.78 is 0. The fourth-order valence-corrected chi connectivity index (χ4v) is 1.66. The van der Waals surface area contributed by atoms with Crippen molar-refractivity contribution in [1.82, 2.24) is 9.97 Å². The number of unbranched alkanes of at least 4 members (excludes halogenated alkanes) is 2. The van der Waals surface area contributed by atoms with Crippen molar-refractivity contribution in [2.75, 3.05) is 18.0 Å². The molecule has 0 unspecified atom stereocenters. The highest BCUT2D eigenvalue weighted by Crippen LogP contribution is 2.11. The van der Waals surface area contributed by atoms with Gasteiger partial charge in [-0.3, -0.25) is 4.98 Å². The second-order valence-corrected chi connectivity index (χ2v) is 4.26. The van der Waals surface area contributed by atoms with E-state index in [0.29, 0.717) is 6.54 Å². The summed E-state index contributed by atoms with van der Waals surface area (Å²) in [4.78, 5) is 11.1. The number of hydrogen-bond acceptors (Lipinski definition) is 4. The van der Waals surface area contributed by atoms with Gasteiger partial charge in [0.25, 0.3) is 0 Å². The molecule has 0 radical (unpaired) electrons. The van der Waals surface area contributed by atoms with Crippen LogP contribution in [0.1, 0.15) is 45.2 Å². The maximum absolute atomic E-state index is 5.52. The van der Waals surface area contributed by atoms with E-state index in [-0.39, 0.29) is 0 Å². The first-order chi connectivity index (χ1) is 8.31. The predicted molar refractivity (Wildman–Crippen MR) is 72.0 cm³/mol. The highest BCUT2D eigenvalue weighted by Gasteiger charge is 2.07. The van der Waals surface area contributed by atoms with E-state index in [1.54, 1.807) is 6.20 Å². The molecule has 0 spiro atoms. The molecular formula is C13H24N4. The van der Waals surface area contributed by atoms with Crippen LogP contribution in [-0.2, 0) is 6.54 Å². The van der Waals surface area contributed by atoms with Gasteiger partial charge in [0.15, 0.2) is 0 Å². The average Bonchev–Trinajstić information content (AvgIpc) is 2.39. The maximum atomic E-state index is 5.52. The lowest BCUT2D eigenvalue weighted by Gasteiger charge is -2.23. The lowest BCUT2D eigenvalue weighted by Crippen LogP contribution is -2.26. The van der Waals surface area contributed by atoms with Crippen LogP contribution >= 0.6 is 0 Å². The molecular weight excluding hydrogens is 212 g/mol. The summed E-state index contributed by atoms with van der Waals surface area (Å²) in [6, 6.07) is 0. The fraction of sp³-hybridized carbons (Fsp3) is 0.692. The summed E-state index contributed by atoms with van der Waals surface area (Å²) in [6.45, 7) is 7.00. The van der Waals surface area contributed by atoms with Crippen molar-refractivity contribution in [3.8, 4) is 0 Å². The minimum Gasteiger partial charge on any atom is -0.355 e. The molecule has 0 aliphatic heterocycles. The molecule has 0 atom stereocenters. The molecule has 2 N–H and O–H groups in total. The molecule has 96 valence electrons. The zero-order valence-corrected chi connectivity index (χ0v) is 11.0. The molecule has 0 aliphatic rings. The largest absolute Gasteiger partial charge is 0.355 e. The van der Waals surface area contributed by atoms with Crippen LogP contribution < -0.4 is 10.6 Å². The third kappa shape index (κ3) is 4.69. The average molecular weight is 236 g/mol. The van der Waals surface area contributed by atoms with Crippen LogP contribution in [0.2, 0.25) is 0 Å². The van der Waals surface area contributed by atoms with Gasteiger partial charge < -0.3 is 10.6 Å². The lowest BCUT2D eigenvalue weighted by molar-refractivity contribution is 0.669. The molecule has 1 heterocycles. The van der Waals surface area contributed by atoms with Gasteiger partial charge in [0.2, 0.25) is 0 Å². The summed E-state index contributed by atoms with van der Waals surface area (Å²) >= 11 is 0. The number of nitrogens with zero attached hydrogens (tertiary/aromatic N) is 3. The molecule has 4 nitrogen and oxygen atoms in total. The van der Waals surface area contributed by atoms with Crippen LogP contribution in [0, 0.1) is 0 Å². The highest BCUT2D eigenvalue weighted by atomic mass is 15.2. The van der Waals surface area contributed by atoms with Gasteiger partial charge in [-0.15, -0.1) is 0 Å². The van der Waals surface area contributed by atoms with Crippen LogP contribution in [0.5, 0.6) is 0 Å². The minimum atomic E-state index is 0.456. The summed E-state index contributed by atoms with van der Waals surface area (Å²) in [5, 5.41) is 0. The van der Waals surface area contributed by atoms with Crippen LogP contribution in [0.3, 0.4) is 0 Å². The number of hydrogen-bond donors (Lipinski definition) is 1. The Hall–Kier alpha value is -1.16. The molecule has 1 aromatic rings. The molecule has 0 fully saturated rings. The van der Waals surface area contributed by atoms with Gasteiger partial charge in [-0.05, 0) is 12.8 Å². The summed E-state index contributed by atoms with van der Waals surface area (Å²) in [5.74, 6) is 0.976. The predicted octanol–water partition coefficient (Wildman–Crippen LogP) is 2.34. The van der Waals surface area contributed by atoms with Crippen molar-refractivity contribution in [2.45, 2.75) is 46.1 Å². The van der Waals surface area contributed by atoms with Gasteiger partial charge in [-0.2, -0.15) is 0 Å². The number of rotatable bonds is 8. The smallest absolute Gasteiger partial charge is 0.147 e. The summed E-state index contributed by atoms with van der Waals surface area (Å²) in [6.07, 6.45) is 8.43. The van der Waals surface area contributed by atoms with E-state index >= 15 is 0 Å². The van der Waals surface area contributed by atoms with Gasteiger partial charge >= 0.3 is 0 Å². The van der Waals surface area contributed by atoms with E-state index in [0.717, 1.165) is 24.6 Å². The van der Waals surface area contributed by atoms with Crippen molar-refractivity contribution in [3.05, 3.63) is 18.1 Å². The topological polar surface area (TPSA) is 55.0 Å². The molecule has 17 heavy (non-hydrogen) atoms. The Morgan fingerprint density at radius 1 is 1.06 bits per heavy atom. The minimum absolute atomic E-state index is 0.456. The Balaban J connectivity index is 2.65. The van der Waals surface area contributed by atoms with Crippen LogP contribution in [0.4, 0.5) is 5.82 Å². The Labute approximate surface area is 104 Å². The van der Waals surface area contributed by atoms with E-state index in [4.69, 9.17) is 5.73 Å². The SMILES string of the molecule is CCCCN(CCCC)c1cnc(CN)cn1. The Bertz CT molecular complexity index is 289. The molecule has 0 amide bonds. The van der Waals surface area contributed by atoms with Gasteiger partial charge in [-0.1, -0.05) is 26.7 Å². The Morgan fingerprint density at radius 2 is 1.71 bits per heavy atom. The number of nitrogens with two attached hydrogens (primary N) is 1. The van der Waals surface area contributed by atoms with Crippen molar-refractivity contribution < 1.29 is 0 Å². The molecule has 0 aromatic carbocycles. The monoisotopic (exact) mass is 236 g/mol. The van der Waals surface area contributed by atoms with Crippen molar-refractivity contribution in [3.63, 3.8) is 0 Å². The molecule has 0 aliphatic carbocycles. The first-order valence-electron chi connectivity index (χ1n) is 6.57. The van der Waals surface area contributed by atoms with Gasteiger partial charge in [0.1, 0.15) is 5.82 Å². The third-order valence-corrected chi connectivity index (χ3v) is 2.79. The molecule has 1 rings (SSSR count). The summed E-state index contributed by atoms with van der Waals surface area (Å²) in [7, 11) is 0. The van der Waals surface area contributed by atoms with Gasteiger partial charge in [0, 0.05) is 19.6 Å². The second-order valence-electron chi connectivity index (χ2n) is 4.26. The van der Waals surface area contributed by atoms with E-state index in [2.05, 4.69) is 28.7 Å². The standard InChI is InChI=1S/C13H24N4/c1-3-5-7-17(8-6-4-2)13-11-15-12(9-14)10-16-13/h10-11H,3-9,14H2,1-2H3. The molecule has 4 heteroatoms. The Kier molecular flexibility index (Phi) is 6.55. The quantitative estimate of drug-likeness (QED) is 0.752. The van der Waals surface area contributed by atoms with Gasteiger partial charge in [0.05, 0.1) is 18.1 Å². The lowest BCUT2D eigenvalue weighted by atomic mass is 10.2. The fourth-order valence-electron chi connectivity index (χ4n) is 1.66. The van der Waals surface area contributed by atoms with Gasteiger partial charge in [-0.25, -0.2) is 4.98 Å². The summed E-state index contributed by atoms with van der Waals surface area (Å²) in [5.41, 5.74) is 6.37. The third-order valence-electron chi connectivity index (χ3n) is 2.79. The van der Waals surface area contributed by atoms with Crippen molar-refractivity contribution >= 4 is 5.82 Å². The maximum Gasteiger partial charge on any atom is 0.147 e. The van der Waals surface area contributed by atoms with E-state index in [1.165, 1.54) is 25.7 Å². The number of anilines is 1. The zero-order chi connectivity index (χ0) is 12.5. The highest BCUT2D eigenvalue weighted by molar-refractivity contribution is 5.35. The van der Waals surface area contributed by atoms with Crippen LogP contribution in [-0.4, -0.2) is 23.1 Å². The Morgan fingerprint density at radius 3 is 2.12 bits per heavy atom. The molecule has 0 bridgehead atoms. The van der Waals surface area contributed by atoms with Crippen molar-refractivity contribution in [1.29, 1.82) is 0 Å². The van der Waals surface area contributed by atoms with E-state index in [1.807, 2.05) is 6.20 Å². The van der Waals surface area contributed by atoms with E-state index < -0.39 is 0 Å². The molecule has 0 saturated carbocycles. The van der Waals surface area contributed by atoms with E-state index in [9.17, 15) is 0 Å². The first-order valence-corrected chi connectivity index (χ1v) is 6.57. The molecule has 1 aromatic heterocycles. The normalized spacial score (nSPS) is 10.5. The van der Waals surface area contributed by atoms with Crippen LogP contribution in [0.25, 0.3) is 0 Å². The first kappa shape index (κ1) is 13.9.